The van der Waals surface area contributed by atoms with Gasteiger partial charge in [-0.2, -0.15) is 5.26 Å². The van der Waals surface area contributed by atoms with E-state index in [0.29, 0.717) is 25.1 Å². The average molecular weight is 353 g/mol. The number of benzene rings is 1. The van der Waals surface area contributed by atoms with Crippen molar-refractivity contribution in [3.63, 3.8) is 0 Å². The van der Waals surface area contributed by atoms with E-state index in [1.807, 2.05) is 6.07 Å². The number of nitriles is 1. The number of rotatable bonds is 4. The maximum absolute atomic E-state index is 12.6. The van der Waals surface area contributed by atoms with Crippen LogP contribution >= 0.6 is 0 Å². The van der Waals surface area contributed by atoms with Crippen molar-refractivity contribution in [3.05, 3.63) is 57.5 Å². The van der Waals surface area contributed by atoms with Gasteiger partial charge in [0.1, 0.15) is 12.2 Å². The van der Waals surface area contributed by atoms with E-state index in [2.05, 4.69) is 9.97 Å². The lowest BCUT2D eigenvalue weighted by molar-refractivity contribution is -0.385. The first-order chi connectivity index (χ1) is 12.5. The SMILES string of the molecule is Cc1ccc(C(=O)N2CCC(Oc3nccnc3C#N)C2)cc1[N+](=O)[O-]. The van der Waals surface area contributed by atoms with Gasteiger partial charge >= 0.3 is 0 Å². The molecule has 0 spiro atoms. The van der Waals surface area contributed by atoms with Gasteiger partial charge in [-0.1, -0.05) is 6.07 Å². The number of carbonyl (C=O) groups excluding carboxylic acids is 1. The van der Waals surface area contributed by atoms with Crippen molar-refractivity contribution in [2.75, 3.05) is 13.1 Å². The van der Waals surface area contributed by atoms with Gasteiger partial charge in [0.2, 0.25) is 5.69 Å². The molecule has 9 nitrogen and oxygen atoms in total. The molecule has 9 heteroatoms. The summed E-state index contributed by atoms with van der Waals surface area (Å²) in [5, 5.41) is 20.1. The standard InChI is InChI=1S/C17H15N5O4/c1-11-2-3-12(8-15(11)22(24)25)17(23)21-7-4-13(10-21)26-16-14(9-18)19-5-6-20-16/h2-3,5-6,8,13H,4,7,10H2,1H3. The van der Waals surface area contributed by atoms with Crippen molar-refractivity contribution in [3.8, 4) is 11.9 Å². The summed E-state index contributed by atoms with van der Waals surface area (Å²) >= 11 is 0. The highest BCUT2D eigenvalue weighted by Crippen LogP contribution is 2.23. The average Bonchev–Trinajstić information content (AvgIpc) is 3.10. The molecule has 1 fully saturated rings. The minimum atomic E-state index is -0.500. The Balaban J connectivity index is 1.71. The van der Waals surface area contributed by atoms with E-state index < -0.39 is 4.92 Å². The minimum Gasteiger partial charge on any atom is -0.470 e. The third-order valence-corrected chi connectivity index (χ3v) is 4.13. The van der Waals surface area contributed by atoms with Crippen LogP contribution in [-0.4, -0.2) is 44.9 Å². The number of aromatic nitrogens is 2. The van der Waals surface area contributed by atoms with Gasteiger partial charge in [-0.05, 0) is 13.0 Å². The molecule has 1 saturated heterocycles. The van der Waals surface area contributed by atoms with Crippen LogP contribution in [0.4, 0.5) is 5.69 Å². The van der Waals surface area contributed by atoms with Gasteiger partial charge in [-0.15, -0.1) is 0 Å². The minimum absolute atomic E-state index is 0.0823. The van der Waals surface area contributed by atoms with Gasteiger partial charge in [0, 0.05) is 42.6 Å². The molecule has 1 aromatic heterocycles. The van der Waals surface area contributed by atoms with Crippen LogP contribution in [0.5, 0.6) is 5.88 Å². The zero-order valence-corrected chi connectivity index (χ0v) is 14.0. The highest BCUT2D eigenvalue weighted by atomic mass is 16.6. The molecule has 2 aromatic rings. The molecule has 0 radical (unpaired) electrons. The van der Waals surface area contributed by atoms with Gasteiger partial charge in [0.25, 0.3) is 17.5 Å². The summed E-state index contributed by atoms with van der Waals surface area (Å²) in [6.07, 6.45) is 3.09. The second-order valence-electron chi connectivity index (χ2n) is 5.86. The zero-order valence-electron chi connectivity index (χ0n) is 14.0. The monoisotopic (exact) mass is 353 g/mol. The van der Waals surface area contributed by atoms with Crippen LogP contribution in [0.2, 0.25) is 0 Å². The fourth-order valence-corrected chi connectivity index (χ4v) is 2.78. The third-order valence-electron chi connectivity index (χ3n) is 4.13. The Labute approximate surface area is 149 Å². The van der Waals surface area contributed by atoms with Crippen molar-refractivity contribution in [2.24, 2.45) is 0 Å². The molecule has 0 aliphatic carbocycles. The summed E-state index contributed by atoms with van der Waals surface area (Å²) < 4.78 is 5.70. The molecule has 1 amide bonds. The van der Waals surface area contributed by atoms with Crippen LogP contribution in [-0.2, 0) is 0 Å². The van der Waals surface area contributed by atoms with Crippen LogP contribution in [0.3, 0.4) is 0 Å². The van der Waals surface area contributed by atoms with E-state index in [-0.39, 0.29) is 34.8 Å². The topological polar surface area (TPSA) is 122 Å². The molecule has 132 valence electrons. The Hall–Kier alpha value is -3.54. The molecule has 1 unspecified atom stereocenters. The Morgan fingerprint density at radius 3 is 2.92 bits per heavy atom. The molecule has 1 aliphatic heterocycles. The summed E-state index contributed by atoms with van der Waals surface area (Å²) in [6.45, 7) is 2.38. The van der Waals surface area contributed by atoms with Gasteiger partial charge in [-0.25, -0.2) is 9.97 Å². The van der Waals surface area contributed by atoms with E-state index in [4.69, 9.17) is 10.00 Å². The number of amides is 1. The number of nitro benzene ring substituents is 1. The van der Waals surface area contributed by atoms with Crippen molar-refractivity contribution in [1.29, 1.82) is 5.26 Å². The zero-order chi connectivity index (χ0) is 18.7. The number of ether oxygens (including phenoxy) is 1. The van der Waals surface area contributed by atoms with Crippen molar-refractivity contribution < 1.29 is 14.5 Å². The number of nitrogens with zero attached hydrogens (tertiary/aromatic N) is 5. The van der Waals surface area contributed by atoms with Gasteiger partial charge < -0.3 is 9.64 Å². The summed E-state index contributed by atoms with van der Waals surface area (Å²) in [6, 6.07) is 6.34. The number of hydrogen-bond donors (Lipinski definition) is 0. The summed E-state index contributed by atoms with van der Waals surface area (Å²) in [7, 11) is 0. The molecular weight excluding hydrogens is 338 g/mol. The van der Waals surface area contributed by atoms with Crippen LogP contribution < -0.4 is 4.74 Å². The molecule has 1 aliphatic rings. The first-order valence-electron chi connectivity index (χ1n) is 7.91. The fourth-order valence-electron chi connectivity index (χ4n) is 2.78. The molecular formula is C17H15N5O4. The Morgan fingerprint density at radius 1 is 1.42 bits per heavy atom. The van der Waals surface area contributed by atoms with Crippen LogP contribution in [0.1, 0.15) is 28.0 Å². The van der Waals surface area contributed by atoms with E-state index >= 15 is 0 Å². The Bertz CT molecular complexity index is 908. The van der Waals surface area contributed by atoms with Gasteiger partial charge in [-0.3, -0.25) is 14.9 Å². The second-order valence-corrected chi connectivity index (χ2v) is 5.86. The van der Waals surface area contributed by atoms with Crippen LogP contribution in [0.25, 0.3) is 0 Å². The molecule has 0 N–H and O–H groups in total. The summed E-state index contributed by atoms with van der Waals surface area (Å²) in [5.41, 5.74) is 0.772. The van der Waals surface area contributed by atoms with E-state index in [1.165, 1.54) is 18.5 Å². The predicted octanol–water partition coefficient (Wildman–Crippen LogP) is 1.86. The number of likely N-dealkylation sites (tertiary alicyclic amines) is 1. The second kappa shape index (κ2) is 7.14. The first-order valence-corrected chi connectivity index (χ1v) is 7.91. The lowest BCUT2D eigenvalue weighted by Gasteiger charge is -2.17. The van der Waals surface area contributed by atoms with Crippen LogP contribution in [0, 0.1) is 28.4 Å². The molecule has 1 aromatic carbocycles. The molecule has 26 heavy (non-hydrogen) atoms. The third kappa shape index (κ3) is 3.44. The van der Waals surface area contributed by atoms with Crippen molar-refractivity contribution in [1.82, 2.24) is 14.9 Å². The van der Waals surface area contributed by atoms with E-state index in [1.54, 1.807) is 24.0 Å². The molecule has 1 atom stereocenters. The number of aryl methyl sites for hydroxylation is 1. The number of carbonyl (C=O) groups is 1. The van der Waals surface area contributed by atoms with Crippen molar-refractivity contribution in [2.45, 2.75) is 19.4 Å². The maximum Gasteiger partial charge on any atom is 0.273 e. The maximum atomic E-state index is 12.6. The smallest absolute Gasteiger partial charge is 0.273 e. The highest BCUT2D eigenvalue weighted by molar-refractivity contribution is 5.95. The van der Waals surface area contributed by atoms with E-state index in [0.717, 1.165) is 0 Å². The Morgan fingerprint density at radius 2 is 2.19 bits per heavy atom. The molecule has 0 saturated carbocycles. The normalized spacial score (nSPS) is 16.2. The van der Waals surface area contributed by atoms with Gasteiger partial charge in [0.05, 0.1) is 11.5 Å². The predicted molar refractivity (Wildman–Crippen MR) is 89.5 cm³/mol. The first kappa shape index (κ1) is 17.3. The summed E-state index contributed by atoms with van der Waals surface area (Å²) in [4.78, 5) is 32.6. The molecule has 0 bridgehead atoms. The lowest BCUT2D eigenvalue weighted by Crippen LogP contribution is -2.31. The molecule has 2 heterocycles. The summed E-state index contributed by atoms with van der Waals surface area (Å²) in [5.74, 6) is -0.154. The van der Waals surface area contributed by atoms with Gasteiger partial charge in [0.15, 0.2) is 0 Å². The number of hydrogen-bond acceptors (Lipinski definition) is 7. The fraction of sp³-hybridized carbons (Fsp3) is 0.294. The molecule has 3 rings (SSSR count). The largest absolute Gasteiger partial charge is 0.470 e. The Kier molecular flexibility index (Phi) is 4.75. The highest BCUT2D eigenvalue weighted by Gasteiger charge is 2.30. The number of nitro groups is 1. The van der Waals surface area contributed by atoms with Crippen molar-refractivity contribution >= 4 is 11.6 Å². The van der Waals surface area contributed by atoms with E-state index in [9.17, 15) is 14.9 Å². The quantitative estimate of drug-likeness (QED) is 0.607. The van der Waals surface area contributed by atoms with Crippen LogP contribution in [0.15, 0.2) is 30.6 Å². The lowest BCUT2D eigenvalue weighted by atomic mass is 10.1.